The maximum atomic E-state index is 6.16. The van der Waals surface area contributed by atoms with E-state index in [-0.39, 0.29) is 18.3 Å². The molecular weight excluding hydrogens is 279 g/mol. The van der Waals surface area contributed by atoms with Gasteiger partial charge in [0.2, 0.25) is 0 Å². The van der Waals surface area contributed by atoms with Crippen molar-refractivity contribution in [3.8, 4) is 0 Å². The standard InChI is InChI=1S/C17H25BO2S/c1-16(2)17(3,4)20-18(19-16)12-14-8-5-7-13(14)11-15-9-6-10-21-15/h6,9-11,14H,5,7-8,12H2,1-4H3/b13-11+. The quantitative estimate of drug-likeness (QED) is 0.730. The lowest BCUT2D eigenvalue weighted by Gasteiger charge is -2.32. The zero-order valence-corrected chi connectivity index (χ0v) is 14.3. The molecule has 2 nitrogen and oxygen atoms in total. The maximum absolute atomic E-state index is 6.16. The number of allylic oxidation sites excluding steroid dienone is 1. The van der Waals surface area contributed by atoms with Crippen molar-refractivity contribution >= 4 is 24.5 Å². The number of hydrogen-bond acceptors (Lipinski definition) is 3. The normalized spacial score (nSPS) is 29.4. The summed E-state index contributed by atoms with van der Waals surface area (Å²) in [4.78, 5) is 1.37. The average molecular weight is 304 g/mol. The SMILES string of the molecule is CC1(C)OB(CC2CCC/C2=C\c2cccs2)OC1(C)C. The monoisotopic (exact) mass is 304 g/mol. The number of rotatable bonds is 3. The Hall–Kier alpha value is -0.575. The van der Waals surface area contributed by atoms with E-state index >= 15 is 0 Å². The third-order valence-electron chi connectivity index (χ3n) is 5.19. The van der Waals surface area contributed by atoms with E-state index in [0.29, 0.717) is 5.92 Å². The Morgan fingerprint density at radius 1 is 1.29 bits per heavy atom. The second kappa shape index (κ2) is 5.56. The van der Waals surface area contributed by atoms with Gasteiger partial charge in [0.1, 0.15) is 0 Å². The highest BCUT2D eigenvalue weighted by atomic mass is 32.1. The van der Waals surface area contributed by atoms with Crippen LogP contribution < -0.4 is 0 Å². The van der Waals surface area contributed by atoms with Crippen LogP contribution in [-0.2, 0) is 9.31 Å². The third kappa shape index (κ3) is 3.13. The molecule has 0 bridgehead atoms. The van der Waals surface area contributed by atoms with Gasteiger partial charge in [-0.2, -0.15) is 0 Å². The Bertz CT molecular complexity index is 503. The van der Waals surface area contributed by atoms with E-state index in [4.69, 9.17) is 9.31 Å². The average Bonchev–Trinajstić information content (AvgIpc) is 3.04. The fourth-order valence-corrected chi connectivity index (χ4v) is 3.94. The summed E-state index contributed by atoms with van der Waals surface area (Å²) < 4.78 is 12.3. The molecule has 1 saturated carbocycles. The van der Waals surface area contributed by atoms with Gasteiger partial charge in [0.05, 0.1) is 11.2 Å². The minimum atomic E-state index is -0.214. The predicted octanol–water partition coefficient (Wildman–Crippen LogP) is 5.02. The van der Waals surface area contributed by atoms with E-state index in [2.05, 4.69) is 51.3 Å². The molecule has 0 spiro atoms. The van der Waals surface area contributed by atoms with Crippen molar-refractivity contribution in [1.29, 1.82) is 0 Å². The van der Waals surface area contributed by atoms with Gasteiger partial charge in [-0.1, -0.05) is 11.6 Å². The summed E-state index contributed by atoms with van der Waals surface area (Å²) >= 11 is 1.82. The van der Waals surface area contributed by atoms with Gasteiger partial charge in [-0.15, -0.1) is 11.3 Å². The molecule has 1 saturated heterocycles. The van der Waals surface area contributed by atoms with E-state index in [1.54, 1.807) is 5.57 Å². The molecule has 0 N–H and O–H groups in total. The minimum Gasteiger partial charge on any atom is -0.403 e. The lowest BCUT2D eigenvalue weighted by molar-refractivity contribution is 0.00578. The molecule has 2 fully saturated rings. The Labute approximate surface area is 132 Å². The fourth-order valence-electron chi connectivity index (χ4n) is 3.25. The fraction of sp³-hybridized carbons (Fsp3) is 0.647. The molecule has 1 aliphatic heterocycles. The molecule has 1 aromatic rings. The highest BCUT2D eigenvalue weighted by Gasteiger charge is 2.51. The summed E-state index contributed by atoms with van der Waals surface area (Å²) in [6, 6.07) is 4.32. The predicted molar refractivity (Wildman–Crippen MR) is 90.5 cm³/mol. The smallest absolute Gasteiger partial charge is 0.403 e. The first kappa shape index (κ1) is 15.3. The van der Waals surface area contributed by atoms with Gasteiger partial charge >= 0.3 is 7.12 Å². The third-order valence-corrected chi connectivity index (χ3v) is 6.01. The Kier molecular flexibility index (Phi) is 4.06. The Morgan fingerprint density at radius 3 is 2.62 bits per heavy atom. The largest absolute Gasteiger partial charge is 0.458 e. The van der Waals surface area contributed by atoms with Crippen LogP contribution in [0.15, 0.2) is 23.1 Å². The highest BCUT2D eigenvalue weighted by Crippen LogP contribution is 2.42. The lowest BCUT2D eigenvalue weighted by Crippen LogP contribution is -2.41. The minimum absolute atomic E-state index is 0.0650. The molecule has 0 radical (unpaired) electrons. The molecule has 21 heavy (non-hydrogen) atoms. The molecule has 0 amide bonds. The molecule has 114 valence electrons. The molecule has 1 aliphatic carbocycles. The van der Waals surface area contributed by atoms with Gasteiger partial charge in [0.25, 0.3) is 0 Å². The van der Waals surface area contributed by atoms with Gasteiger partial charge in [-0.05, 0) is 76.7 Å². The summed E-state index contributed by atoms with van der Waals surface area (Å²) in [5, 5.41) is 2.14. The Balaban J connectivity index is 1.68. The molecule has 4 heteroatoms. The molecule has 2 heterocycles. The van der Waals surface area contributed by atoms with Crippen molar-refractivity contribution < 1.29 is 9.31 Å². The summed E-state index contributed by atoms with van der Waals surface area (Å²) in [5.41, 5.74) is 1.15. The van der Waals surface area contributed by atoms with Gasteiger partial charge in [0.15, 0.2) is 0 Å². The second-order valence-electron chi connectivity index (χ2n) is 7.25. The van der Waals surface area contributed by atoms with E-state index in [1.807, 2.05) is 11.3 Å². The number of thiophene rings is 1. The zero-order valence-electron chi connectivity index (χ0n) is 13.5. The van der Waals surface area contributed by atoms with Gasteiger partial charge in [-0.25, -0.2) is 0 Å². The van der Waals surface area contributed by atoms with Crippen LogP contribution in [0.4, 0.5) is 0 Å². The maximum Gasteiger partial charge on any atom is 0.458 e. The van der Waals surface area contributed by atoms with Crippen LogP contribution in [0.5, 0.6) is 0 Å². The van der Waals surface area contributed by atoms with Crippen molar-refractivity contribution in [2.75, 3.05) is 0 Å². The summed E-state index contributed by atoms with van der Waals surface area (Å²) in [6.45, 7) is 8.52. The molecule has 1 atom stereocenters. The van der Waals surface area contributed by atoms with E-state index in [1.165, 1.54) is 24.1 Å². The van der Waals surface area contributed by atoms with Crippen LogP contribution in [0.3, 0.4) is 0 Å². The topological polar surface area (TPSA) is 18.5 Å². The van der Waals surface area contributed by atoms with Crippen molar-refractivity contribution in [2.24, 2.45) is 5.92 Å². The molecule has 0 aromatic carbocycles. The van der Waals surface area contributed by atoms with Crippen LogP contribution in [0, 0.1) is 5.92 Å². The van der Waals surface area contributed by atoms with Crippen LogP contribution in [0.1, 0.15) is 51.8 Å². The van der Waals surface area contributed by atoms with Crippen molar-refractivity contribution in [1.82, 2.24) is 0 Å². The number of hydrogen-bond donors (Lipinski definition) is 0. The van der Waals surface area contributed by atoms with Crippen molar-refractivity contribution in [3.63, 3.8) is 0 Å². The molecule has 3 rings (SSSR count). The second-order valence-corrected chi connectivity index (χ2v) is 8.22. The van der Waals surface area contributed by atoms with Crippen LogP contribution >= 0.6 is 11.3 Å². The lowest BCUT2D eigenvalue weighted by atomic mass is 9.75. The van der Waals surface area contributed by atoms with Crippen LogP contribution in [0.25, 0.3) is 6.08 Å². The first-order chi connectivity index (χ1) is 9.87. The molecular formula is C17H25BO2S. The van der Waals surface area contributed by atoms with Crippen molar-refractivity contribution in [3.05, 3.63) is 28.0 Å². The zero-order chi connectivity index (χ0) is 15.1. The van der Waals surface area contributed by atoms with Gasteiger partial charge in [0, 0.05) is 4.88 Å². The highest BCUT2D eigenvalue weighted by molar-refractivity contribution is 7.10. The Morgan fingerprint density at radius 2 is 2.00 bits per heavy atom. The van der Waals surface area contributed by atoms with E-state index in [0.717, 1.165) is 6.32 Å². The van der Waals surface area contributed by atoms with E-state index in [9.17, 15) is 0 Å². The summed E-state index contributed by atoms with van der Waals surface area (Å²) in [5.74, 6) is 0.613. The van der Waals surface area contributed by atoms with Gasteiger partial charge < -0.3 is 9.31 Å². The first-order valence-corrected chi connectivity index (χ1v) is 8.85. The van der Waals surface area contributed by atoms with Gasteiger partial charge in [-0.3, -0.25) is 0 Å². The first-order valence-electron chi connectivity index (χ1n) is 7.97. The summed E-state index contributed by atoms with van der Waals surface area (Å²) in [7, 11) is -0.0650. The molecule has 2 aliphatic rings. The summed E-state index contributed by atoms with van der Waals surface area (Å²) in [6.07, 6.45) is 7.16. The molecule has 1 aromatic heterocycles. The van der Waals surface area contributed by atoms with Crippen LogP contribution in [-0.4, -0.2) is 18.3 Å². The van der Waals surface area contributed by atoms with Crippen LogP contribution in [0.2, 0.25) is 6.32 Å². The molecule has 1 unspecified atom stereocenters. The van der Waals surface area contributed by atoms with Crippen molar-refractivity contribution in [2.45, 2.75) is 64.5 Å². The van der Waals surface area contributed by atoms with E-state index < -0.39 is 0 Å².